The summed E-state index contributed by atoms with van der Waals surface area (Å²) in [6.07, 6.45) is 0.926. The molecule has 2 rings (SSSR count). The summed E-state index contributed by atoms with van der Waals surface area (Å²) in [5.74, 6) is 0. The molecule has 0 amide bonds. The Kier molecular flexibility index (Phi) is 5.13. The molecule has 0 unspecified atom stereocenters. The maximum Gasteiger partial charge on any atom is 0.0582 e. The Morgan fingerprint density at radius 2 is 1.53 bits per heavy atom. The van der Waals surface area contributed by atoms with Crippen molar-refractivity contribution in [2.24, 2.45) is 0 Å². The predicted molar refractivity (Wildman–Crippen MR) is 79.0 cm³/mol. The molecule has 0 saturated heterocycles. The minimum Gasteiger partial charge on any atom is -0.395 e. The van der Waals surface area contributed by atoms with E-state index < -0.39 is 0 Å². The zero-order valence-electron chi connectivity index (χ0n) is 11.3. The Hall–Kier alpha value is -1.64. The Bertz CT molecular complexity index is 469. The molecule has 2 heteroatoms. The van der Waals surface area contributed by atoms with Gasteiger partial charge in [-0.3, -0.25) is 0 Å². The second kappa shape index (κ2) is 7.07. The summed E-state index contributed by atoms with van der Waals surface area (Å²) >= 11 is 0. The molecule has 0 radical (unpaired) electrons. The smallest absolute Gasteiger partial charge is 0.0582 e. The molecule has 2 aromatic carbocycles. The highest BCUT2D eigenvalue weighted by molar-refractivity contribution is 5.23. The largest absolute Gasteiger partial charge is 0.395 e. The molecule has 0 spiro atoms. The van der Waals surface area contributed by atoms with Crippen LogP contribution in [0.3, 0.4) is 0 Å². The van der Waals surface area contributed by atoms with E-state index in [-0.39, 0.29) is 18.7 Å². The van der Waals surface area contributed by atoms with Crippen LogP contribution in [0.25, 0.3) is 0 Å². The van der Waals surface area contributed by atoms with Crippen LogP contribution in [-0.4, -0.2) is 17.8 Å². The molecule has 2 aromatic rings. The lowest BCUT2D eigenvalue weighted by molar-refractivity contribution is 0.240. The van der Waals surface area contributed by atoms with E-state index in [2.05, 4.69) is 53.8 Å². The van der Waals surface area contributed by atoms with Gasteiger partial charge in [-0.2, -0.15) is 0 Å². The van der Waals surface area contributed by atoms with Crippen molar-refractivity contribution in [3.8, 4) is 0 Å². The summed E-state index contributed by atoms with van der Waals surface area (Å²) in [5, 5.41) is 12.7. The van der Waals surface area contributed by atoms with E-state index in [0.717, 1.165) is 6.42 Å². The van der Waals surface area contributed by atoms with Crippen LogP contribution in [0.2, 0.25) is 0 Å². The van der Waals surface area contributed by atoms with Gasteiger partial charge in [0.1, 0.15) is 0 Å². The lowest BCUT2D eigenvalue weighted by Crippen LogP contribution is -2.34. The van der Waals surface area contributed by atoms with E-state index >= 15 is 0 Å². The molecule has 19 heavy (non-hydrogen) atoms. The maximum absolute atomic E-state index is 9.23. The van der Waals surface area contributed by atoms with Crippen LogP contribution in [0.4, 0.5) is 0 Å². The fourth-order valence-corrected chi connectivity index (χ4v) is 2.20. The molecule has 0 aromatic heterocycles. The minimum atomic E-state index is 0.0916. The Balaban J connectivity index is 2.15. The first kappa shape index (κ1) is 13.8. The lowest BCUT2D eigenvalue weighted by Gasteiger charge is -2.23. The van der Waals surface area contributed by atoms with Crippen molar-refractivity contribution in [3.05, 3.63) is 71.8 Å². The molecule has 0 heterocycles. The molecule has 0 fully saturated rings. The van der Waals surface area contributed by atoms with Crippen LogP contribution < -0.4 is 5.32 Å². The Morgan fingerprint density at radius 1 is 0.947 bits per heavy atom. The van der Waals surface area contributed by atoms with Crippen molar-refractivity contribution < 1.29 is 5.11 Å². The lowest BCUT2D eigenvalue weighted by atomic mass is 9.98. The zero-order chi connectivity index (χ0) is 13.5. The molecule has 0 saturated carbocycles. The van der Waals surface area contributed by atoms with E-state index in [1.54, 1.807) is 0 Å². The SMILES string of the molecule is C[C@@H](CO)N[C@H](Cc1ccccc1)c1ccccc1. The van der Waals surface area contributed by atoms with Crippen LogP contribution in [0.15, 0.2) is 60.7 Å². The summed E-state index contributed by atoms with van der Waals surface area (Å²) < 4.78 is 0. The summed E-state index contributed by atoms with van der Waals surface area (Å²) in [4.78, 5) is 0. The van der Waals surface area contributed by atoms with Gasteiger partial charge in [-0.1, -0.05) is 60.7 Å². The molecule has 0 bridgehead atoms. The molecular weight excluding hydrogens is 234 g/mol. The van der Waals surface area contributed by atoms with E-state index in [1.807, 2.05) is 19.1 Å². The zero-order valence-corrected chi connectivity index (χ0v) is 11.3. The van der Waals surface area contributed by atoms with Gasteiger partial charge >= 0.3 is 0 Å². The van der Waals surface area contributed by atoms with E-state index in [9.17, 15) is 5.11 Å². The van der Waals surface area contributed by atoms with Gasteiger partial charge in [-0.25, -0.2) is 0 Å². The second-order valence-electron chi connectivity index (χ2n) is 4.90. The first-order chi connectivity index (χ1) is 9.29. The minimum absolute atomic E-state index is 0.0916. The first-order valence-corrected chi connectivity index (χ1v) is 6.75. The number of aliphatic hydroxyl groups excluding tert-OH is 1. The average molecular weight is 255 g/mol. The Morgan fingerprint density at radius 3 is 2.11 bits per heavy atom. The van der Waals surface area contributed by atoms with Crippen LogP contribution in [-0.2, 0) is 6.42 Å². The molecule has 0 aliphatic rings. The standard InChI is InChI=1S/C17H21NO/c1-14(13-19)18-17(16-10-6-3-7-11-16)12-15-8-4-2-5-9-15/h2-11,14,17-19H,12-13H2,1H3/t14-,17+/m0/s1. The topological polar surface area (TPSA) is 32.3 Å². The van der Waals surface area contributed by atoms with Crippen LogP contribution >= 0.6 is 0 Å². The highest BCUT2D eigenvalue weighted by Crippen LogP contribution is 2.18. The van der Waals surface area contributed by atoms with Gasteiger partial charge in [0, 0.05) is 12.1 Å². The molecule has 2 atom stereocenters. The van der Waals surface area contributed by atoms with Crippen molar-refractivity contribution >= 4 is 0 Å². The van der Waals surface area contributed by atoms with Gasteiger partial charge in [0.2, 0.25) is 0 Å². The van der Waals surface area contributed by atoms with E-state index in [0.29, 0.717) is 0 Å². The third kappa shape index (κ3) is 4.19. The number of aliphatic hydroxyl groups is 1. The highest BCUT2D eigenvalue weighted by atomic mass is 16.3. The van der Waals surface area contributed by atoms with Gasteiger partial charge < -0.3 is 10.4 Å². The van der Waals surface area contributed by atoms with Crippen molar-refractivity contribution in [1.29, 1.82) is 0 Å². The average Bonchev–Trinajstić information content (AvgIpc) is 2.48. The fraction of sp³-hybridized carbons (Fsp3) is 0.294. The van der Waals surface area contributed by atoms with Gasteiger partial charge in [0.15, 0.2) is 0 Å². The Labute approximate surface area is 115 Å². The molecular formula is C17H21NO. The predicted octanol–water partition coefficient (Wildman–Crippen LogP) is 2.94. The number of benzene rings is 2. The van der Waals surface area contributed by atoms with Crippen molar-refractivity contribution in [1.82, 2.24) is 5.32 Å². The molecule has 2 N–H and O–H groups in total. The summed E-state index contributed by atoms with van der Waals surface area (Å²) in [6, 6.07) is 21.2. The van der Waals surface area contributed by atoms with Crippen LogP contribution in [0, 0.1) is 0 Å². The molecule has 100 valence electrons. The third-order valence-corrected chi connectivity index (χ3v) is 3.24. The van der Waals surface area contributed by atoms with Crippen LogP contribution in [0.5, 0.6) is 0 Å². The normalized spacial score (nSPS) is 14.0. The van der Waals surface area contributed by atoms with Gasteiger partial charge in [-0.05, 0) is 24.5 Å². The summed E-state index contributed by atoms with van der Waals surface area (Å²) in [6.45, 7) is 2.15. The molecule has 0 aliphatic carbocycles. The molecule has 2 nitrogen and oxygen atoms in total. The first-order valence-electron chi connectivity index (χ1n) is 6.75. The monoisotopic (exact) mass is 255 g/mol. The van der Waals surface area contributed by atoms with E-state index in [1.165, 1.54) is 11.1 Å². The van der Waals surface area contributed by atoms with Gasteiger partial charge in [0.05, 0.1) is 6.61 Å². The number of hydrogen-bond acceptors (Lipinski definition) is 2. The maximum atomic E-state index is 9.23. The van der Waals surface area contributed by atoms with Crippen LogP contribution in [0.1, 0.15) is 24.1 Å². The molecule has 0 aliphatic heterocycles. The van der Waals surface area contributed by atoms with Crippen molar-refractivity contribution in [2.75, 3.05) is 6.61 Å². The highest BCUT2D eigenvalue weighted by Gasteiger charge is 2.14. The van der Waals surface area contributed by atoms with Crippen molar-refractivity contribution in [3.63, 3.8) is 0 Å². The number of rotatable bonds is 6. The summed E-state index contributed by atoms with van der Waals surface area (Å²) in [7, 11) is 0. The second-order valence-corrected chi connectivity index (χ2v) is 4.90. The van der Waals surface area contributed by atoms with Gasteiger partial charge in [-0.15, -0.1) is 0 Å². The van der Waals surface area contributed by atoms with Gasteiger partial charge in [0.25, 0.3) is 0 Å². The fourth-order valence-electron chi connectivity index (χ4n) is 2.20. The number of hydrogen-bond donors (Lipinski definition) is 2. The summed E-state index contributed by atoms with van der Waals surface area (Å²) in [5.41, 5.74) is 2.56. The van der Waals surface area contributed by atoms with E-state index in [4.69, 9.17) is 0 Å². The number of nitrogens with one attached hydrogen (secondary N) is 1. The quantitative estimate of drug-likeness (QED) is 0.832. The van der Waals surface area contributed by atoms with Crippen molar-refractivity contribution in [2.45, 2.75) is 25.4 Å². The third-order valence-electron chi connectivity index (χ3n) is 3.24.